The Balaban J connectivity index is 1.95. The van der Waals surface area contributed by atoms with Crippen molar-refractivity contribution in [2.45, 2.75) is 6.92 Å². The maximum absolute atomic E-state index is 11.7. The Morgan fingerprint density at radius 2 is 1.96 bits per heavy atom. The number of hydrogen-bond donors (Lipinski definition) is 4. The molecular formula is C19H17ClN4O3. The third-order valence-electron chi connectivity index (χ3n) is 3.82. The Morgan fingerprint density at radius 1 is 1.15 bits per heavy atom. The normalized spacial score (nSPS) is 10.4. The first kappa shape index (κ1) is 18.5. The first-order valence-electron chi connectivity index (χ1n) is 8.21. The van der Waals surface area contributed by atoms with Gasteiger partial charge >= 0.3 is 12.0 Å². The van der Waals surface area contributed by atoms with E-state index in [1.165, 1.54) is 6.07 Å². The van der Waals surface area contributed by atoms with Gasteiger partial charge in [0.2, 0.25) is 0 Å². The van der Waals surface area contributed by atoms with E-state index in [1.807, 2.05) is 6.92 Å². The van der Waals surface area contributed by atoms with E-state index in [-0.39, 0.29) is 11.6 Å². The van der Waals surface area contributed by atoms with E-state index in [4.69, 9.17) is 16.7 Å². The molecule has 1 aromatic heterocycles. The minimum Gasteiger partial charge on any atom is -0.478 e. The number of hydrogen-bond acceptors (Lipinski definition) is 4. The predicted molar refractivity (Wildman–Crippen MR) is 106 cm³/mol. The van der Waals surface area contributed by atoms with E-state index in [0.29, 0.717) is 34.1 Å². The van der Waals surface area contributed by atoms with Gasteiger partial charge in [-0.3, -0.25) is 5.32 Å². The van der Waals surface area contributed by atoms with Gasteiger partial charge in [0.05, 0.1) is 5.56 Å². The summed E-state index contributed by atoms with van der Waals surface area (Å²) in [5.41, 5.74) is 1.53. The van der Waals surface area contributed by atoms with E-state index in [1.54, 1.807) is 42.6 Å². The second kappa shape index (κ2) is 7.92. The molecule has 27 heavy (non-hydrogen) atoms. The van der Waals surface area contributed by atoms with Gasteiger partial charge in [0.15, 0.2) is 0 Å². The second-order valence-electron chi connectivity index (χ2n) is 5.71. The van der Waals surface area contributed by atoms with Gasteiger partial charge < -0.3 is 15.7 Å². The summed E-state index contributed by atoms with van der Waals surface area (Å²) in [5, 5.41) is 19.6. The Morgan fingerprint density at radius 3 is 2.70 bits per heavy atom. The molecule has 3 aromatic rings. The number of aromatic carboxylic acids is 1. The summed E-state index contributed by atoms with van der Waals surface area (Å²) < 4.78 is 0. The van der Waals surface area contributed by atoms with Gasteiger partial charge in [0, 0.05) is 39.9 Å². The molecule has 0 saturated heterocycles. The molecule has 0 aliphatic heterocycles. The average molecular weight is 385 g/mol. The van der Waals surface area contributed by atoms with E-state index in [0.717, 1.165) is 5.39 Å². The van der Waals surface area contributed by atoms with E-state index in [2.05, 4.69) is 20.9 Å². The van der Waals surface area contributed by atoms with Gasteiger partial charge in [-0.25, -0.2) is 14.6 Å². The van der Waals surface area contributed by atoms with Crippen molar-refractivity contribution in [2.75, 3.05) is 17.2 Å². The minimum atomic E-state index is -0.998. The summed E-state index contributed by atoms with van der Waals surface area (Å²) in [6.45, 7) is 2.32. The minimum absolute atomic E-state index is 0.185. The molecule has 2 aromatic carbocycles. The van der Waals surface area contributed by atoms with Crippen LogP contribution in [0.4, 0.5) is 22.0 Å². The number of carboxylic acid groups (broad SMARTS) is 1. The summed E-state index contributed by atoms with van der Waals surface area (Å²) in [6.07, 6.45) is 1.60. The molecule has 0 bridgehead atoms. The molecule has 0 unspecified atom stereocenters. The zero-order valence-electron chi connectivity index (χ0n) is 14.4. The molecule has 4 N–H and O–H groups in total. The van der Waals surface area contributed by atoms with Crippen molar-refractivity contribution in [2.24, 2.45) is 0 Å². The number of benzene rings is 2. The van der Waals surface area contributed by atoms with Crippen molar-refractivity contribution in [3.63, 3.8) is 0 Å². The van der Waals surface area contributed by atoms with Crippen LogP contribution in [-0.4, -0.2) is 28.6 Å². The molecule has 0 aliphatic rings. The number of rotatable bonds is 5. The Kier molecular flexibility index (Phi) is 5.42. The first-order valence-corrected chi connectivity index (χ1v) is 8.59. The molecule has 1 heterocycles. The van der Waals surface area contributed by atoms with Crippen LogP contribution in [0.2, 0.25) is 5.02 Å². The molecule has 0 radical (unpaired) electrons. The quantitative estimate of drug-likeness (QED) is 0.519. The van der Waals surface area contributed by atoms with Gasteiger partial charge in [-0.1, -0.05) is 17.7 Å². The van der Waals surface area contributed by atoms with Crippen molar-refractivity contribution in [1.29, 1.82) is 0 Å². The largest absolute Gasteiger partial charge is 0.478 e. The van der Waals surface area contributed by atoms with Crippen molar-refractivity contribution >= 4 is 51.6 Å². The van der Waals surface area contributed by atoms with Gasteiger partial charge in [0.25, 0.3) is 0 Å². The number of aromatic nitrogens is 1. The maximum atomic E-state index is 11.7. The topological polar surface area (TPSA) is 103 Å². The van der Waals surface area contributed by atoms with Crippen LogP contribution in [0.15, 0.2) is 48.7 Å². The number of halogens is 1. The molecule has 7 nitrogen and oxygen atoms in total. The molecule has 2 amide bonds. The Hall–Kier alpha value is -3.32. The van der Waals surface area contributed by atoms with Crippen LogP contribution in [0.3, 0.4) is 0 Å². The average Bonchev–Trinajstić information content (AvgIpc) is 2.64. The van der Waals surface area contributed by atoms with Crippen molar-refractivity contribution in [3.05, 3.63) is 59.2 Å². The number of carbonyl (C=O) groups excluding carboxylic acids is 1. The molecule has 0 atom stereocenters. The van der Waals surface area contributed by atoms with Crippen molar-refractivity contribution < 1.29 is 14.7 Å². The highest BCUT2D eigenvalue weighted by Crippen LogP contribution is 2.32. The standard InChI is InChI=1S/C19H17ClN4O3/c1-2-21-19(27)24-17-9-13-14(10-22-17)16(7-6-15(13)20)23-12-5-3-4-11(8-12)18(25)26/h3-10,23H,2H2,1H3,(H,25,26)(H2,21,22,24,27). The summed E-state index contributed by atoms with van der Waals surface area (Å²) in [7, 11) is 0. The molecule has 138 valence electrons. The summed E-state index contributed by atoms with van der Waals surface area (Å²) >= 11 is 6.31. The third kappa shape index (κ3) is 4.27. The molecule has 0 saturated carbocycles. The number of carbonyl (C=O) groups is 2. The first-order chi connectivity index (χ1) is 13.0. The summed E-state index contributed by atoms with van der Waals surface area (Å²) in [5.74, 6) is -0.622. The SMILES string of the molecule is CCNC(=O)Nc1cc2c(Cl)ccc(Nc3cccc(C(=O)O)c3)c2cn1. The number of anilines is 3. The lowest BCUT2D eigenvalue weighted by molar-refractivity contribution is 0.0697. The number of carboxylic acids is 1. The van der Waals surface area contributed by atoms with Crippen LogP contribution < -0.4 is 16.0 Å². The highest BCUT2D eigenvalue weighted by molar-refractivity contribution is 6.36. The molecule has 3 rings (SSSR count). The zero-order valence-corrected chi connectivity index (χ0v) is 15.2. The van der Waals surface area contributed by atoms with E-state index >= 15 is 0 Å². The number of urea groups is 1. The predicted octanol–water partition coefficient (Wildman–Crippen LogP) is 4.47. The number of fused-ring (bicyclic) bond motifs is 1. The van der Waals surface area contributed by atoms with Crippen molar-refractivity contribution in [1.82, 2.24) is 10.3 Å². The molecular weight excluding hydrogens is 368 g/mol. The molecule has 0 aliphatic carbocycles. The van der Waals surface area contributed by atoms with Gasteiger partial charge in [-0.15, -0.1) is 0 Å². The number of pyridine rings is 1. The van der Waals surface area contributed by atoms with Crippen LogP contribution in [0.5, 0.6) is 0 Å². The van der Waals surface area contributed by atoms with E-state index < -0.39 is 5.97 Å². The zero-order chi connectivity index (χ0) is 19.4. The molecule has 8 heteroatoms. The lowest BCUT2D eigenvalue weighted by atomic mass is 10.1. The fourth-order valence-corrected chi connectivity index (χ4v) is 2.81. The van der Waals surface area contributed by atoms with Crippen molar-refractivity contribution in [3.8, 4) is 0 Å². The van der Waals surface area contributed by atoms with Crippen LogP contribution in [0, 0.1) is 0 Å². The summed E-state index contributed by atoms with van der Waals surface area (Å²) in [6, 6.07) is 11.4. The Bertz CT molecular complexity index is 1020. The number of nitrogens with zero attached hydrogens (tertiary/aromatic N) is 1. The van der Waals surface area contributed by atoms with Crippen LogP contribution in [-0.2, 0) is 0 Å². The van der Waals surface area contributed by atoms with Crippen LogP contribution in [0.25, 0.3) is 10.8 Å². The molecule has 0 fully saturated rings. The lowest BCUT2D eigenvalue weighted by Gasteiger charge is -2.12. The fourth-order valence-electron chi connectivity index (χ4n) is 2.59. The smallest absolute Gasteiger partial charge is 0.335 e. The fraction of sp³-hybridized carbons (Fsp3) is 0.105. The number of amides is 2. The molecule has 0 spiro atoms. The highest BCUT2D eigenvalue weighted by atomic mass is 35.5. The monoisotopic (exact) mass is 384 g/mol. The van der Waals surface area contributed by atoms with Gasteiger partial charge in [0.1, 0.15) is 5.82 Å². The number of nitrogens with one attached hydrogen (secondary N) is 3. The van der Waals surface area contributed by atoms with Gasteiger partial charge in [-0.05, 0) is 43.3 Å². The lowest BCUT2D eigenvalue weighted by Crippen LogP contribution is -2.28. The van der Waals surface area contributed by atoms with Gasteiger partial charge in [-0.2, -0.15) is 0 Å². The highest BCUT2D eigenvalue weighted by Gasteiger charge is 2.10. The van der Waals surface area contributed by atoms with Crippen LogP contribution in [0.1, 0.15) is 17.3 Å². The van der Waals surface area contributed by atoms with E-state index in [9.17, 15) is 9.59 Å². The Labute approximate surface area is 160 Å². The summed E-state index contributed by atoms with van der Waals surface area (Å²) in [4.78, 5) is 27.1. The maximum Gasteiger partial charge on any atom is 0.335 e. The third-order valence-corrected chi connectivity index (χ3v) is 4.14. The second-order valence-corrected chi connectivity index (χ2v) is 6.11. The van der Waals surface area contributed by atoms with Crippen LogP contribution >= 0.6 is 11.6 Å².